The smallest absolute Gasteiger partial charge is 0.151 e. The second-order valence-corrected chi connectivity index (χ2v) is 7.06. The van der Waals surface area contributed by atoms with Gasteiger partial charge in [-0.05, 0) is 56.0 Å². The van der Waals surface area contributed by atoms with Crippen LogP contribution in [0.1, 0.15) is 45.4 Å². The van der Waals surface area contributed by atoms with Crippen LogP contribution < -0.4 is 4.74 Å². The molecule has 0 N–H and O–H groups in total. The number of halogens is 1. The maximum atomic E-state index is 11.6. The summed E-state index contributed by atoms with van der Waals surface area (Å²) in [4.78, 5) is 16.3. The molecule has 1 aliphatic rings. The van der Waals surface area contributed by atoms with Crippen molar-refractivity contribution in [3.63, 3.8) is 0 Å². The van der Waals surface area contributed by atoms with Crippen molar-refractivity contribution in [1.82, 2.24) is 9.55 Å². The van der Waals surface area contributed by atoms with Gasteiger partial charge in [-0.25, -0.2) is 4.98 Å². The molecule has 1 aliphatic heterocycles. The van der Waals surface area contributed by atoms with Gasteiger partial charge in [0.05, 0.1) is 5.52 Å². The van der Waals surface area contributed by atoms with Crippen LogP contribution in [0.15, 0.2) is 24.3 Å². The molecule has 2 aromatic carbocycles. The summed E-state index contributed by atoms with van der Waals surface area (Å²) < 4.78 is 8.37. The topological polar surface area (TPSA) is 44.1 Å². The van der Waals surface area contributed by atoms with Crippen LogP contribution in [0.3, 0.4) is 0 Å². The first-order chi connectivity index (χ1) is 12.0. The number of fused-ring (bicyclic) bond motifs is 3. The summed E-state index contributed by atoms with van der Waals surface area (Å²) in [6.45, 7) is 4.00. The number of aryl methyl sites for hydroxylation is 3. The number of rotatable bonds is 2. The maximum absolute atomic E-state index is 11.6. The van der Waals surface area contributed by atoms with Gasteiger partial charge in [0.2, 0.25) is 0 Å². The van der Waals surface area contributed by atoms with Crippen LogP contribution in [0.2, 0.25) is 5.02 Å². The highest BCUT2D eigenvalue weighted by atomic mass is 35.5. The number of carbonyl (C=O) groups is 1. The van der Waals surface area contributed by atoms with E-state index in [1.54, 1.807) is 0 Å². The fourth-order valence-electron chi connectivity index (χ4n) is 3.65. The molecule has 1 atom stereocenters. The van der Waals surface area contributed by atoms with E-state index in [0.29, 0.717) is 5.56 Å². The van der Waals surface area contributed by atoms with Gasteiger partial charge in [-0.2, -0.15) is 0 Å². The minimum atomic E-state index is -0.0582. The molecule has 3 aromatic rings. The average molecular weight is 355 g/mol. The molecule has 0 unspecified atom stereocenters. The molecule has 0 aliphatic carbocycles. The number of nitrogens with zero attached hydrogens (tertiary/aromatic N) is 2. The Bertz CT molecular complexity index is 1010. The number of aldehydes is 1. The Balaban J connectivity index is 1.87. The minimum absolute atomic E-state index is 0.0582. The van der Waals surface area contributed by atoms with E-state index in [4.69, 9.17) is 16.3 Å². The van der Waals surface area contributed by atoms with E-state index in [1.165, 1.54) is 0 Å². The number of hydrogen-bond acceptors (Lipinski definition) is 3. The van der Waals surface area contributed by atoms with Crippen molar-refractivity contribution in [2.45, 2.75) is 32.8 Å². The van der Waals surface area contributed by atoms with Gasteiger partial charge in [0, 0.05) is 23.2 Å². The van der Waals surface area contributed by atoms with Crippen molar-refractivity contribution in [3.05, 3.63) is 57.4 Å². The standard InChI is InChI=1S/C20H19ClN2O2/c1-11-8-14(21)4-5-15(11)18-7-6-16-13(10-24)9-17-19(20(16)25-18)22-12(2)23(17)3/h4-5,8-10,18H,6-7H2,1-3H3/t18-/m0/s1. The normalized spacial score (nSPS) is 16.6. The second kappa shape index (κ2) is 5.88. The van der Waals surface area contributed by atoms with Crippen molar-refractivity contribution in [1.29, 1.82) is 0 Å². The molecule has 0 amide bonds. The highest BCUT2D eigenvalue weighted by Gasteiger charge is 2.28. The van der Waals surface area contributed by atoms with E-state index < -0.39 is 0 Å². The van der Waals surface area contributed by atoms with Crippen LogP contribution in [0, 0.1) is 13.8 Å². The highest BCUT2D eigenvalue weighted by Crippen LogP contribution is 2.42. The second-order valence-electron chi connectivity index (χ2n) is 6.62. The zero-order valence-corrected chi connectivity index (χ0v) is 15.2. The van der Waals surface area contributed by atoms with Gasteiger partial charge in [-0.1, -0.05) is 17.7 Å². The van der Waals surface area contributed by atoms with Crippen molar-refractivity contribution in [2.75, 3.05) is 0 Å². The third kappa shape index (κ3) is 2.52. The molecule has 4 rings (SSSR count). The van der Waals surface area contributed by atoms with E-state index in [-0.39, 0.29) is 6.10 Å². The van der Waals surface area contributed by atoms with Crippen molar-refractivity contribution in [2.24, 2.45) is 7.05 Å². The molecule has 4 nitrogen and oxygen atoms in total. The molecule has 0 bridgehead atoms. The lowest BCUT2D eigenvalue weighted by Gasteiger charge is -2.28. The molecule has 0 radical (unpaired) electrons. The molecule has 5 heteroatoms. The van der Waals surface area contributed by atoms with Crippen LogP contribution >= 0.6 is 11.6 Å². The van der Waals surface area contributed by atoms with E-state index in [2.05, 4.69) is 4.98 Å². The maximum Gasteiger partial charge on any atom is 0.151 e. The van der Waals surface area contributed by atoms with Gasteiger partial charge >= 0.3 is 0 Å². The molecule has 1 aromatic heterocycles. The van der Waals surface area contributed by atoms with Crippen molar-refractivity contribution >= 4 is 28.9 Å². The lowest BCUT2D eigenvalue weighted by Crippen LogP contribution is -2.18. The Labute approximate surface area is 151 Å². The molecule has 0 fully saturated rings. The summed E-state index contributed by atoms with van der Waals surface area (Å²) in [6, 6.07) is 7.79. The van der Waals surface area contributed by atoms with E-state index in [9.17, 15) is 4.79 Å². The molecule has 25 heavy (non-hydrogen) atoms. The predicted octanol–water partition coefficient (Wildman–Crippen LogP) is 4.72. The number of ether oxygens (including phenoxy) is 1. The third-order valence-corrected chi connectivity index (χ3v) is 5.35. The predicted molar refractivity (Wildman–Crippen MR) is 98.7 cm³/mol. The van der Waals surface area contributed by atoms with Crippen LogP contribution in [-0.2, 0) is 13.5 Å². The van der Waals surface area contributed by atoms with Gasteiger partial charge in [0.15, 0.2) is 12.0 Å². The van der Waals surface area contributed by atoms with E-state index >= 15 is 0 Å². The number of carbonyl (C=O) groups excluding carboxylic acids is 1. The minimum Gasteiger partial charge on any atom is -0.483 e. The van der Waals surface area contributed by atoms with E-state index in [0.717, 1.165) is 63.4 Å². The fraction of sp³-hybridized carbons (Fsp3) is 0.300. The molecule has 0 saturated heterocycles. The first-order valence-electron chi connectivity index (χ1n) is 8.36. The summed E-state index contributed by atoms with van der Waals surface area (Å²) >= 11 is 6.08. The van der Waals surface area contributed by atoms with Gasteiger partial charge in [0.25, 0.3) is 0 Å². The molecular formula is C20H19ClN2O2. The Morgan fingerprint density at radius 2 is 2.12 bits per heavy atom. The summed E-state index contributed by atoms with van der Waals surface area (Å²) in [5, 5.41) is 0.725. The largest absolute Gasteiger partial charge is 0.483 e. The lowest BCUT2D eigenvalue weighted by atomic mass is 9.92. The SMILES string of the molecule is Cc1cc(Cl)ccc1[C@@H]1CCc2c(C=O)cc3c(nc(C)n3C)c2O1. The number of hydrogen-bond donors (Lipinski definition) is 0. The van der Waals surface area contributed by atoms with Gasteiger partial charge < -0.3 is 9.30 Å². The van der Waals surface area contributed by atoms with Gasteiger partial charge in [-0.15, -0.1) is 0 Å². The Kier molecular flexibility index (Phi) is 3.80. The average Bonchev–Trinajstić information content (AvgIpc) is 2.89. The van der Waals surface area contributed by atoms with Crippen LogP contribution in [0.25, 0.3) is 11.0 Å². The van der Waals surface area contributed by atoms with Gasteiger partial charge in [-0.3, -0.25) is 4.79 Å². The lowest BCUT2D eigenvalue weighted by molar-refractivity contribution is 0.111. The van der Waals surface area contributed by atoms with E-state index in [1.807, 2.05) is 49.7 Å². The van der Waals surface area contributed by atoms with Crippen molar-refractivity contribution in [3.8, 4) is 5.75 Å². The molecule has 0 spiro atoms. The summed E-state index contributed by atoms with van der Waals surface area (Å²) in [6.07, 6.45) is 2.48. The zero-order valence-electron chi connectivity index (χ0n) is 14.5. The third-order valence-electron chi connectivity index (χ3n) is 5.12. The first-order valence-corrected chi connectivity index (χ1v) is 8.74. The Morgan fingerprint density at radius 1 is 1.32 bits per heavy atom. The highest BCUT2D eigenvalue weighted by molar-refractivity contribution is 6.30. The quantitative estimate of drug-likeness (QED) is 0.625. The molecule has 0 saturated carbocycles. The number of imidazole rings is 1. The van der Waals surface area contributed by atoms with Crippen LogP contribution in [0.5, 0.6) is 5.75 Å². The fourth-order valence-corrected chi connectivity index (χ4v) is 3.88. The van der Waals surface area contributed by atoms with Crippen LogP contribution in [0.4, 0.5) is 0 Å². The molecule has 128 valence electrons. The Morgan fingerprint density at radius 3 is 2.84 bits per heavy atom. The number of benzene rings is 2. The summed E-state index contributed by atoms with van der Waals surface area (Å²) in [5.74, 6) is 1.64. The molecular weight excluding hydrogens is 336 g/mol. The Hall–Kier alpha value is -2.33. The van der Waals surface area contributed by atoms with Crippen molar-refractivity contribution < 1.29 is 9.53 Å². The summed E-state index contributed by atoms with van der Waals surface area (Å²) in [7, 11) is 1.95. The van der Waals surface area contributed by atoms with Gasteiger partial charge in [0.1, 0.15) is 17.4 Å². The summed E-state index contributed by atoms with van der Waals surface area (Å²) in [5.41, 5.74) is 5.65. The first kappa shape index (κ1) is 16.2. The zero-order chi connectivity index (χ0) is 17.7. The number of aromatic nitrogens is 2. The monoisotopic (exact) mass is 354 g/mol. The van der Waals surface area contributed by atoms with Crippen LogP contribution in [-0.4, -0.2) is 15.8 Å². The molecule has 2 heterocycles.